The van der Waals surface area contributed by atoms with Crippen molar-refractivity contribution in [3.05, 3.63) is 34.4 Å². The lowest BCUT2D eigenvalue weighted by Crippen LogP contribution is -2.07. The van der Waals surface area contributed by atoms with Crippen LogP contribution in [-0.2, 0) is 22.4 Å². The molecule has 0 radical (unpaired) electrons. The highest BCUT2D eigenvalue weighted by atomic mass is 19.1. The fraction of sp³-hybridized carbons (Fsp3) is 0.273. The maximum atomic E-state index is 13.5. The third kappa shape index (κ3) is 2.42. The topological polar surface area (TPSA) is 54.4 Å². The summed E-state index contributed by atoms with van der Waals surface area (Å²) in [6.07, 6.45) is -0.237. The van der Waals surface area contributed by atoms with Crippen molar-refractivity contribution < 1.29 is 23.5 Å². The van der Waals surface area contributed by atoms with Gasteiger partial charge >= 0.3 is 5.97 Å². The van der Waals surface area contributed by atoms with Gasteiger partial charge in [0.15, 0.2) is 0 Å². The molecule has 0 aliphatic heterocycles. The molecule has 3 nitrogen and oxygen atoms in total. The highest BCUT2D eigenvalue weighted by molar-refractivity contribution is 5.70. The molecule has 0 bridgehead atoms. The number of carbonyl (C=O) groups is 2. The molecule has 0 fully saturated rings. The first-order chi connectivity index (χ1) is 7.47. The van der Waals surface area contributed by atoms with E-state index in [4.69, 9.17) is 5.11 Å². The van der Waals surface area contributed by atoms with Crippen LogP contribution < -0.4 is 0 Å². The van der Waals surface area contributed by atoms with Crippen molar-refractivity contribution in [2.75, 3.05) is 0 Å². The van der Waals surface area contributed by atoms with Crippen LogP contribution in [0.25, 0.3) is 0 Å². The van der Waals surface area contributed by atoms with Gasteiger partial charge in [-0.15, -0.1) is 0 Å². The molecule has 0 atom stereocenters. The zero-order chi connectivity index (χ0) is 12.3. The van der Waals surface area contributed by atoms with Crippen molar-refractivity contribution in [3.8, 4) is 0 Å². The Bertz CT molecular complexity index is 441. The maximum absolute atomic E-state index is 13.5. The molecule has 16 heavy (non-hydrogen) atoms. The highest BCUT2D eigenvalue weighted by Gasteiger charge is 2.16. The van der Waals surface area contributed by atoms with E-state index in [0.29, 0.717) is 6.29 Å². The molecule has 0 amide bonds. The van der Waals surface area contributed by atoms with E-state index in [1.54, 1.807) is 0 Å². The number of carboxylic acid groups (broad SMARTS) is 1. The molecule has 0 heterocycles. The van der Waals surface area contributed by atoms with Crippen molar-refractivity contribution >= 4 is 12.3 Å². The van der Waals surface area contributed by atoms with Gasteiger partial charge in [-0.1, -0.05) is 0 Å². The van der Waals surface area contributed by atoms with Gasteiger partial charge in [0.05, 0.1) is 6.42 Å². The number of hydrogen-bond donors (Lipinski definition) is 1. The van der Waals surface area contributed by atoms with Gasteiger partial charge in [0.2, 0.25) is 0 Å². The zero-order valence-corrected chi connectivity index (χ0v) is 8.59. The van der Waals surface area contributed by atoms with Gasteiger partial charge in [0.1, 0.15) is 17.9 Å². The van der Waals surface area contributed by atoms with E-state index in [2.05, 4.69) is 0 Å². The Morgan fingerprint density at radius 2 is 1.94 bits per heavy atom. The monoisotopic (exact) mass is 228 g/mol. The summed E-state index contributed by atoms with van der Waals surface area (Å²) < 4.78 is 26.9. The van der Waals surface area contributed by atoms with Crippen molar-refractivity contribution in [2.24, 2.45) is 0 Å². The summed E-state index contributed by atoms with van der Waals surface area (Å²) in [5, 5.41) is 8.54. The Labute approximate surface area is 90.7 Å². The van der Waals surface area contributed by atoms with Crippen LogP contribution >= 0.6 is 0 Å². The average molecular weight is 228 g/mol. The minimum atomic E-state index is -1.21. The van der Waals surface area contributed by atoms with Crippen LogP contribution in [0.1, 0.15) is 16.7 Å². The van der Waals surface area contributed by atoms with E-state index in [9.17, 15) is 18.4 Å². The number of rotatable bonds is 4. The number of carboxylic acids is 1. The van der Waals surface area contributed by atoms with Crippen LogP contribution in [0.5, 0.6) is 0 Å². The lowest BCUT2D eigenvalue weighted by molar-refractivity contribution is -0.136. The van der Waals surface area contributed by atoms with Crippen LogP contribution in [0.4, 0.5) is 8.78 Å². The van der Waals surface area contributed by atoms with Gasteiger partial charge in [0.25, 0.3) is 0 Å². The molecule has 1 N–H and O–H groups in total. The van der Waals surface area contributed by atoms with E-state index in [1.807, 2.05) is 0 Å². The predicted molar refractivity (Wildman–Crippen MR) is 52.2 cm³/mol. The summed E-state index contributed by atoms with van der Waals surface area (Å²) in [7, 11) is 0. The third-order valence-electron chi connectivity index (χ3n) is 2.22. The molecule has 86 valence electrons. The largest absolute Gasteiger partial charge is 0.481 e. The third-order valence-corrected chi connectivity index (χ3v) is 2.22. The Balaban J connectivity index is 3.28. The van der Waals surface area contributed by atoms with Gasteiger partial charge in [-0.25, -0.2) is 8.78 Å². The minimum Gasteiger partial charge on any atom is -0.481 e. The molecule has 0 aliphatic carbocycles. The highest BCUT2D eigenvalue weighted by Crippen LogP contribution is 2.21. The van der Waals surface area contributed by atoms with Crippen LogP contribution in [0, 0.1) is 18.6 Å². The molecule has 5 heteroatoms. The number of carbonyl (C=O) groups excluding carboxylic acids is 1. The van der Waals surface area contributed by atoms with Gasteiger partial charge in [-0.2, -0.15) is 0 Å². The molecule has 1 rings (SSSR count). The molecule has 0 aromatic heterocycles. The summed E-state index contributed by atoms with van der Waals surface area (Å²) >= 11 is 0. The summed E-state index contributed by atoms with van der Waals surface area (Å²) in [5.41, 5.74) is -0.344. The fourth-order valence-electron chi connectivity index (χ4n) is 1.44. The van der Waals surface area contributed by atoms with Crippen LogP contribution in [0.2, 0.25) is 0 Å². The van der Waals surface area contributed by atoms with Crippen molar-refractivity contribution in [1.82, 2.24) is 0 Å². The molecular formula is C11H10F2O3. The smallest absolute Gasteiger partial charge is 0.307 e. The number of hydrogen-bond acceptors (Lipinski definition) is 2. The van der Waals surface area contributed by atoms with Crippen LogP contribution in [0.15, 0.2) is 6.07 Å². The molecule has 0 unspecified atom stereocenters. The fourth-order valence-corrected chi connectivity index (χ4v) is 1.44. The first kappa shape index (κ1) is 12.3. The van der Waals surface area contributed by atoms with Gasteiger partial charge in [-0.3, -0.25) is 4.79 Å². The molecular weight excluding hydrogens is 218 g/mol. The Morgan fingerprint density at radius 3 is 2.44 bits per heavy atom. The second-order valence-corrected chi connectivity index (χ2v) is 3.39. The Morgan fingerprint density at radius 1 is 1.38 bits per heavy atom. The van der Waals surface area contributed by atoms with Gasteiger partial charge < -0.3 is 9.90 Å². The number of aldehydes is 1. The van der Waals surface area contributed by atoms with Crippen molar-refractivity contribution in [3.63, 3.8) is 0 Å². The van der Waals surface area contributed by atoms with E-state index in [1.165, 1.54) is 6.92 Å². The minimum absolute atomic E-state index is 0.0187. The first-order valence-electron chi connectivity index (χ1n) is 4.59. The predicted octanol–water partition coefficient (Wildman–Crippen LogP) is 1.64. The summed E-state index contributed by atoms with van der Waals surface area (Å²) in [6.45, 7) is 1.21. The van der Waals surface area contributed by atoms with Gasteiger partial charge in [0, 0.05) is 12.0 Å². The Kier molecular flexibility index (Phi) is 3.71. The van der Waals surface area contributed by atoms with E-state index < -0.39 is 24.0 Å². The Hall–Kier alpha value is -1.78. The van der Waals surface area contributed by atoms with Gasteiger partial charge in [-0.05, 0) is 24.1 Å². The second kappa shape index (κ2) is 4.83. The summed E-state index contributed by atoms with van der Waals surface area (Å²) in [5.74, 6) is -2.87. The summed E-state index contributed by atoms with van der Waals surface area (Å²) in [6, 6.07) is 1.08. The zero-order valence-electron chi connectivity index (χ0n) is 8.59. The SMILES string of the molecule is Cc1c(F)c(CC=O)cc(CC(=O)O)c1F. The average Bonchev–Trinajstić information content (AvgIpc) is 2.21. The number of aliphatic carboxylic acids is 1. The van der Waals surface area contributed by atoms with E-state index >= 15 is 0 Å². The molecule has 0 saturated carbocycles. The van der Waals surface area contributed by atoms with E-state index in [-0.39, 0.29) is 23.1 Å². The second-order valence-electron chi connectivity index (χ2n) is 3.39. The normalized spacial score (nSPS) is 10.2. The molecule has 0 saturated heterocycles. The first-order valence-corrected chi connectivity index (χ1v) is 4.59. The van der Waals surface area contributed by atoms with Crippen molar-refractivity contribution in [1.29, 1.82) is 0 Å². The standard InChI is InChI=1S/C11H10F2O3/c1-6-10(12)7(2-3-14)4-8(11(6)13)5-9(15)16/h3-4H,2,5H2,1H3,(H,15,16). The molecule has 1 aromatic carbocycles. The summed E-state index contributed by atoms with van der Waals surface area (Å²) in [4.78, 5) is 20.7. The molecule has 0 aliphatic rings. The lowest BCUT2D eigenvalue weighted by Gasteiger charge is -2.08. The molecule has 1 aromatic rings. The lowest BCUT2D eigenvalue weighted by atomic mass is 10.0. The van der Waals surface area contributed by atoms with Crippen molar-refractivity contribution in [2.45, 2.75) is 19.8 Å². The quantitative estimate of drug-likeness (QED) is 0.797. The van der Waals surface area contributed by atoms with E-state index in [0.717, 1.165) is 6.07 Å². The maximum Gasteiger partial charge on any atom is 0.307 e. The number of benzene rings is 1. The van der Waals surface area contributed by atoms with Crippen LogP contribution in [0.3, 0.4) is 0 Å². The molecule has 0 spiro atoms. The van der Waals surface area contributed by atoms with Crippen LogP contribution in [-0.4, -0.2) is 17.4 Å². The number of halogens is 2.